The lowest BCUT2D eigenvalue weighted by Gasteiger charge is -2.08. The zero-order valence-corrected chi connectivity index (χ0v) is 15.6. The third kappa shape index (κ3) is 4.68. The molecule has 0 aliphatic heterocycles. The fraction of sp³-hybridized carbons (Fsp3) is 0.158. The molecule has 27 heavy (non-hydrogen) atoms. The Balaban J connectivity index is 1.58. The summed E-state index contributed by atoms with van der Waals surface area (Å²) in [6, 6.07) is 12.2. The number of nitro groups is 1. The summed E-state index contributed by atoms with van der Waals surface area (Å²) < 4.78 is 5.45. The maximum absolute atomic E-state index is 12.1. The Bertz CT molecular complexity index is 983. The van der Waals surface area contributed by atoms with Gasteiger partial charge in [0.2, 0.25) is 0 Å². The highest BCUT2D eigenvalue weighted by Gasteiger charge is 2.12. The van der Waals surface area contributed by atoms with Crippen LogP contribution in [-0.2, 0) is 4.79 Å². The number of ether oxygens (including phenoxy) is 1. The third-order valence-electron chi connectivity index (χ3n) is 3.83. The van der Waals surface area contributed by atoms with Crippen LogP contribution in [0, 0.1) is 24.0 Å². The van der Waals surface area contributed by atoms with Gasteiger partial charge in [-0.25, -0.2) is 4.98 Å². The molecule has 0 radical (unpaired) electrons. The highest BCUT2D eigenvalue weighted by Crippen LogP contribution is 2.26. The number of thiazole rings is 1. The lowest BCUT2D eigenvalue weighted by Crippen LogP contribution is -2.20. The largest absolute Gasteiger partial charge is 0.483 e. The minimum atomic E-state index is -0.475. The van der Waals surface area contributed by atoms with Gasteiger partial charge in [-0.15, -0.1) is 11.3 Å². The van der Waals surface area contributed by atoms with Crippen LogP contribution in [0.4, 0.5) is 10.8 Å². The predicted octanol–water partition coefficient (Wildman–Crippen LogP) is 4.35. The van der Waals surface area contributed by atoms with E-state index < -0.39 is 4.92 Å². The van der Waals surface area contributed by atoms with E-state index in [1.165, 1.54) is 35.1 Å². The van der Waals surface area contributed by atoms with Crippen molar-refractivity contribution in [2.75, 3.05) is 11.9 Å². The number of aryl methyl sites for hydroxylation is 2. The van der Waals surface area contributed by atoms with E-state index in [0.717, 1.165) is 11.3 Å². The highest BCUT2D eigenvalue weighted by atomic mass is 32.1. The van der Waals surface area contributed by atoms with Crippen LogP contribution in [0.5, 0.6) is 5.75 Å². The molecule has 1 N–H and O–H groups in total. The number of aromatic nitrogens is 1. The normalized spacial score (nSPS) is 10.4. The Hall–Kier alpha value is -3.26. The van der Waals surface area contributed by atoms with Crippen molar-refractivity contribution < 1.29 is 14.5 Å². The Morgan fingerprint density at radius 3 is 2.63 bits per heavy atom. The van der Waals surface area contributed by atoms with Gasteiger partial charge < -0.3 is 4.74 Å². The molecule has 0 aliphatic carbocycles. The number of hydrogen-bond donors (Lipinski definition) is 1. The summed E-state index contributed by atoms with van der Waals surface area (Å²) in [4.78, 5) is 26.8. The fourth-order valence-electron chi connectivity index (χ4n) is 2.40. The van der Waals surface area contributed by atoms with Gasteiger partial charge in [-0.3, -0.25) is 20.2 Å². The second-order valence-corrected chi connectivity index (χ2v) is 6.81. The minimum Gasteiger partial charge on any atom is -0.483 e. The molecule has 1 heterocycles. The summed E-state index contributed by atoms with van der Waals surface area (Å²) in [5.41, 5.74) is 3.52. The van der Waals surface area contributed by atoms with E-state index in [2.05, 4.69) is 10.3 Å². The van der Waals surface area contributed by atoms with Gasteiger partial charge in [-0.2, -0.15) is 0 Å². The van der Waals surface area contributed by atoms with Crippen LogP contribution in [0.15, 0.2) is 47.8 Å². The zero-order chi connectivity index (χ0) is 19.4. The average molecular weight is 383 g/mol. The summed E-state index contributed by atoms with van der Waals surface area (Å²) in [6.45, 7) is 3.50. The zero-order valence-electron chi connectivity index (χ0n) is 14.8. The Morgan fingerprint density at radius 2 is 1.96 bits per heavy atom. The molecule has 7 nitrogen and oxygen atoms in total. The van der Waals surface area contributed by atoms with Crippen LogP contribution >= 0.6 is 11.3 Å². The van der Waals surface area contributed by atoms with Crippen molar-refractivity contribution >= 4 is 28.1 Å². The topological polar surface area (TPSA) is 94.4 Å². The van der Waals surface area contributed by atoms with Crippen LogP contribution in [0.2, 0.25) is 0 Å². The second kappa shape index (κ2) is 7.96. The number of rotatable bonds is 6. The molecule has 0 saturated heterocycles. The average Bonchev–Trinajstić information content (AvgIpc) is 3.09. The lowest BCUT2D eigenvalue weighted by molar-refractivity contribution is -0.384. The molecule has 0 bridgehead atoms. The number of anilines is 1. The molecular formula is C19H17N3O4S. The van der Waals surface area contributed by atoms with Crippen LogP contribution in [0.3, 0.4) is 0 Å². The number of non-ortho nitro benzene ring substituents is 1. The van der Waals surface area contributed by atoms with Crippen molar-refractivity contribution in [3.63, 3.8) is 0 Å². The van der Waals surface area contributed by atoms with Gasteiger partial charge in [0.25, 0.3) is 11.6 Å². The molecule has 0 aliphatic rings. The molecule has 0 unspecified atom stereocenters. The number of amides is 1. The molecule has 2 aromatic carbocycles. The SMILES string of the molecule is Cc1ccc(-c2csc(NC(=O)COc3ccc([N+](=O)[O-])cc3C)n2)cc1. The molecule has 8 heteroatoms. The van der Waals surface area contributed by atoms with Crippen molar-refractivity contribution in [2.45, 2.75) is 13.8 Å². The summed E-state index contributed by atoms with van der Waals surface area (Å²) in [7, 11) is 0. The van der Waals surface area contributed by atoms with E-state index in [0.29, 0.717) is 16.4 Å². The number of hydrogen-bond acceptors (Lipinski definition) is 6. The summed E-state index contributed by atoms with van der Waals surface area (Å²) in [5.74, 6) is 0.0767. The van der Waals surface area contributed by atoms with Crippen LogP contribution in [-0.4, -0.2) is 22.4 Å². The second-order valence-electron chi connectivity index (χ2n) is 5.95. The number of carbonyl (C=O) groups excluding carboxylic acids is 1. The molecule has 1 aromatic heterocycles. The molecule has 1 amide bonds. The van der Waals surface area contributed by atoms with E-state index in [-0.39, 0.29) is 18.2 Å². The van der Waals surface area contributed by atoms with E-state index in [1.807, 2.05) is 36.6 Å². The van der Waals surface area contributed by atoms with E-state index in [1.54, 1.807) is 6.92 Å². The highest BCUT2D eigenvalue weighted by molar-refractivity contribution is 7.14. The van der Waals surface area contributed by atoms with Crippen LogP contribution < -0.4 is 10.1 Å². The van der Waals surface area contributed by atoms with Crippen LogP contribution in [0.1, 0.15) is 11.1 Å². The molecule has 0 fully saturated rings. The first-order chi connectivity index (χ1) is 12.9. The van der Waals surface area contributed by atoms with Crippen molar-refractivity contribution in [1.82, 2.24) is 4.98 Å². The Labute approximate surface area is 159 Å². The van der Waals surface area contributed by atoms with Gasteiger partial charge in [0.15, 0.2) is 11.7 Å². The number of nitrogens with zero attached hydrogens (tertiary/aromatic N) is 2. The molecule has 0 atom stereocenters. The van der Waals surface area contributed by atoms with Crippen molar-refractivity contribution in [3.8, 4) is 17.0 Å². The Morgan fingerprint density at radius 1 is 1.22 bits per heavy atom. The predicted molar refractivity (Wildman–Crippen MR) is 104 cm³/mol. The number of nitro benzene ring substituents is 1. The van der Waals surface area contributed by atoms with E-state index >= 15 is 0 Å². The lowest BCUT2D eigenvalue weighted by atomic mass is 10.1. The molecule has 3 aromatic rings. The molecular weight excluding hydrogens is 366 g/mol. The smallest absolute Gasteiger partial charge is 0.269 e. The van der Waals surface area contributed by atoms with Crippen molar-refractivity contribution in [1.29, 1.82) is 0 Å². The standard InChI is InChI=1S/C19H17N3O4S/c1-12-3-5-14(6-4-12)16-11-27-19(20-16)21-18(23)10-26-17-8-7-15(22(24)25)9-13(17)2/h3-9,11H,10H2,1-2H3,(H,20,21,23). The molecule has 0 spiro atoms. The first-order valence-electron chi connectivity index (χ1n) is 8.12. The molecule has 0 saturated carbocycles. The van der Waals surface area contributed by atoms with E-state index in [4.69, 9.17) is 4.74 Å². The van der Waals surface area contributed by atoms with Crippen molar-refractivity contribution in [2.24, 2.45) is 0 Å². The summed E-state index contributed by atoms with van der Waals surface area (Å²) in [5, 5.41) is 15.8. The Kier molecular flexibility index (Phi) is 5.46. The van der Waals surface area contributed by atoms with Gasteiger partial charge >= 0.3 is 0 Å². The summed E-state index contributed by atoms with van der Waals surface area (Å²) >= 11 is 1.33. The van der Waals surface area contributed by atoms with Gasteiger partial charge in [0.1, 0.15) is 5.75 Å². The van der Waals surface area contributed by atoms with Crippen LogP contribution in [0.25, 0.3) is 11.3 Å². The van der Waals surface area contributed by atoms with Gasteiger partial charge in [-0.1, -0.05) is 29.8 Å². The number of benzene rings is 2. The van der Waals surface area contributed by atoms with Gasteiger partial charge in [0, 0.05) is 23.1 Å². The molecule has 138 valence electrons. The first kappa shape index (κ1) is 18.5. The monoisotopic (exact) mass is 383 g/mol. The number of nitrogens with one attached hydrogen (secondary N) is 1. The third-order valence-corrected chi connectivity index (χ3v) is 4.58. The minimum absolute atomic E-state index is 0.0178. The van der Waals surface area contributed by atoms with Gasteiger partial charge in [-0.05, 0) is 25.5 Å². The first-order valence-corrected chi connectivity index (χ1v) is 9.00. The fourth-order valence-corrected chi connectivity index (χ4v) is 3.13. The molecule has 3 rings (SSSR count). The maximum Gasteiger partial charge on any atom is 0.269 e. The van der Waals surface area contributed by atoms with Gasteiger partial charge in [0.05, 0.1) is 10.6 Å². The quantitative estimate of drug-likeness (QED) is 0.504. The summed E-state index contributed by atoms with van der Waals surface area (Å²) in [6.07, 6.45) is 0. The van der Waals surface area contributed by atoms with Crippen molar-refractivity contribution in [3.05, 3.63) is 69.1 Å². The number of carbonyl (C=O) groups is 1. The van der Waals surface area contributed by atoms with E-state index in [9.17, 15) is 14.9 Å². The maximum atomic E-state index is 12.1.